The van der Waals surface area contributed by atoms with Crippen molar-refractivity contribution in [3.05, 3.63) is 65.7 Å². The van der Waals surface area contributed by atoms with Crippen molar-refractivity contribution >= 4 is 5.69 Å². The average molecular weight is 281 g/mol. The SMILES string of the molecule is CC(C)(C)C[C@H](CCc1ccccc1)c1cccc(N)c1. The first kappa shape index (κ1) is 15.6. The first-order valence-electron chi connectivity index (χ1n) is 7.83. The minimum Gasteiger partial charge on any atom is -0.399 e. The van der Waals surface area contributed by atoms with Gasteiger partial charge in [-0.3, -0.25) is 0 Å². The number of anilines is 1. The largest absolute Gasteiger partial charge is 0.399 e. The van der Waals surface area contributed by atoms with Crippen LogP contribution in [0, 0.1) is 5.41 Å². The number of hydrogen-bond donors (Lipinski definition) is 1. The van der Waals surface area contributed by atoms with Crippen LogP contribution >= 0.6 is 0 Å². The molecule has 1 atom stereocenters. The predicted octanol–water partition coefficient (Wildman–Crippen LogP) is 5.42. The van der Waals surface area contributed by atoms with Crippen LogP contribution < -0.4 is 5.73 Å². The van der Waals surface area contributed by atoms with E-state index in [-0.39, 0.29) is 0 Å². The molecule has 0 aliphatic heterocycles. The van der Waals surface area contributed by atoms with Gasteiger partial charge in [-0.1, -0.05) is 63.2 Å². The summed E-state index contributed by atoms with van der Waals surface area (Å²) in [6, 6.07) is 19.1. The van der Waals surface area contributed by atoms with E-state index in [1.54, 1.807) is 0 Å². The molecule has 0 saturated carbocycles. The second kappa shape index (κ2) is 6.80. The van der Waals surface area contributed by atoms with Crippen LogP contribution in [0.5, 0.6) is 0 Å². The molecule has 0 bridgehead atoms. The topological polar surface area (TPSA) is 26.0 Å². The van der Waals surface area contributed by atoms with Crippen molar-refractivity contribution in [3.8, 4) is 0 Å². The van der Waals surface area contributed by atoms with E-state index in [1.807, 2.05) is 6.07 Å². The lowest BCUT2D eigenvalue weighted by atomic mass is 9.79. The lowest BCUT2D eigenvalue weighted by Gasteiger charge is -2.27. The van der Waals surface area contributed by atoms with E-state index >= 15 is 0 Å². The lowest BCUT2D eigenvalue weighted by Crippen LogP contribution is -2.13. The number of benzene rings is 2. The summed E-state index contributed by atoms with van der Waals surface area (Å²) < 4.78 is 0. The quantitative estimate of drug-likeness (QED) is 0.727. The number of aryl methyl sites for hydroxylation is 1. The summed E-state index contributed by atoms with van der Waals surface area (Å²) in [7, 11) is 0. The van der Waals surface area contributed by atoms with Crippen LogP contribution in [0.25, 0.3) is 0 Å². The molecule has 1 nitrogen and oxygen atoms in total. The fraction of sp³-hybridized carbons (Fsp3) is 0.400. The highest BCUT2D eigenvalue weighted by atomic mass is 14.5. The Hall–Kier alpha value is -1.76. The molecule has 0 saturated heterocycles. The first-order chi connectivity index (χ1) is 9.94. The normalized spacial score (nSPS) is 13.1. The molecule has 0 fully saturated rings. The summed E-state index contributed by atoms with van der Waals surface area (Å²) in [5, 5.41) is 0. The lowest BCUT2D eigenvalue weighted by molar-refractivity contribution is 0.331. The van der Waals surface area contributed by atoms with Gasteiger partial charge in [-0.2, -0.15) is 0 Å². The van der Waals surface area contributed by atoms with Crippen LogP contribution in [0.15, 0.2) is 54.6 Å². The zero-order valence-corrected chi connectivity index (χ0v) is 13.5. The summed E-state index contributed by atoms with van der Waals surface area (Å²) in [6.07, 6.45) is 3.48. The van der Waals surface area contributed by atoms with Gasteiger partial charge in [-0.05, 0) is 53.9 Å². The van der Waals surface area contributed by atoms with Gasteiger partial charge in [0, 0.05) is 5.69 Å². The standard InChI is InChI=1S/C20H27N/c1-20(2,3)15-18(17-10-7-11-19(21)14-17)13-12-16-8-5-4-6-9-16/h4-11,14,18H,12-13,15,21H2,1-3H3/t18-/m0/s1. The van der Waals surface area contributed by atoms with Crippen molar-refractivity contribution in [2.45, 2.75) is 46.0 Å². The Morgan fingerprint density at radius 3 is 2.29 bits per heavy atom. The third-order valence-electron chi connectivity index (χ3n) is 3.87. The molecule has 21 heavy (non-hydrogen) atoms. The Morgan fingerprint density at radius 2 is 1.67 bits per heavy atom. The Morgan fingerprint density at radius 1 is 0.952 bits per heavy atom. The van der Waals surface area contributed by atoms with E-state index in [0.29, 0.717) is 11.3 Å². The molecule has 2 N–H and O–H groups in total. The number of rotatable bonds is 5. The third-order valence-corrected chi connectivity index (χ3v) is 3.87. The highest BCUT2D eigenvalue weighted by Gasteiger charge is 2.20. The van der Waals surface area contributed by atoms with Crippen LogP contribution in [0.4, 0.5) is 5.69 Å². The molecule has 2 aromatic carbocycles. The van der Waals surface area contributed by atoms with E-state index in [0.717, 1.165) is 12.1 Å². The van der Waals surface area contributed by atoms with E-state index in [1.165, 1.54) is 24.0 Å². The molecule has 0 amide bonds. The maximum Gasteiger partial charge on any atom is 0.0316 e. The maximum absolute atomic E-state index is 5.97. The molecule has 0 spiro atoms. The molecule has 0 aliphatic carbocycles. The molecule has 112 valence electrons. The smallest absolute Gasteiger partial charge is 0.0316 e. The molecule has 2 aromatic rings. The zero-order valence-electron chi connectivity index (χ0n) is 13.5. The number of nitrogen functional groups attached to an aromatic ring is 1. The average Bonchev–Trinajstić information content (AvgIpc) is 2.43. The van der Waals surface area contributed by atoms with Crippen molar-refractivity contribution in [1.82, 2.24) is 0 Å². The molecule has 0 heterocycles. The second-order valence-corrected chi connectivity index (χ2v) is 7.16. The van der Waals surface area contributed by atoms with Gasteiger partial charge in [0.2, 0.25) is 0 Å². The number of hydrogen-bond acceptors (Lipinski definition) is 1. The van der Waals surface area contributed by atoms with Crippen LogP contribution in [0.1, 0.15) is 50.7 Å². The van der Waals surface area contributed by atoms with E-state index in [4.69, 9.17) is 5.73 Å². The molecule has 0 unspecified atom stereocenters. The van der Waals surface area contributed by atoms with Gasteiger partial charge in [0.05, 0.1) is 0 Å². The summed E-state index contributed by atoms with van der Waals surface area (Å²) in [4.78, 5) is 0. The summed E-state index contributed by atoms with van der Waals surface area (Å²) in [5.41, 5.74) is 9.95. The minimum absolute atomic E-state index is 0.325. The van der Waals surface area contributed by atoms with Gasteiger partial charge in [0.1, 0.15) is 0 Å². The number of nitrogens with two attached hydrogens (primary N) is 1. The highest BCUT2D eigenvalue weighted by molar-refractivity contribution is 5.42. The van der Waals surface area contributed by atoms with Crippen molar-refractivity contribution < 1.29 is 0 Å². The molecule has 0 aromatic heterocycles. The fourth-order valence-corrected chi connectivity index (χ4v) is 2.92. The van der Waals surface area contributed by atoms with Crippen molar-refractivity contribution in [3.63, 3.8) is 0 Å². The Labute approximate surface area is 129 Å². The molecular formula is C20H27N. The Bertz CT molecular complexity index is 552. The molecule has 0 radical (unpaired) electrons. The van der Waals surface area contributed by atoms with E-state index in [2.05, 4.69) is 69.3 Å². The summed E-state index contributed by atoms with van der Waals surface area (Å²) in [5.74, 6) is 0.564. The van der Waals surface area contributed by atoms with Gasteiger partial charge in [0.25, 0.3) is 0 Å². The van der Waals surface area contributed by atoms with Crippen LogP contribution in [-0.2, 0) is 6.42 Å². The molecule has 1 heteroatoms. The minimum atomic E-state index is 0.325. The van der Waals surface area contributed by atoms with Crippen molar-refractivity contribution in [1.29, 1.82) is 0 Å². The van der Waals surface area contributed by atoms with E-state index in [9.17, 15) is 0 Å². The predicted molar refractivity (Wildman–Crippen MR) is 92.4 cm³/mol. The molecular weight excluding hydrogens is 254 g/mol. The van der Waals surface area contributed by atoms with Crippen LogP contribution in [0.3, 0.4) is 0 Å². The van der Waals surface area contributed by atoms with E-state index < -0.39 is 0 Å². The Kier molecular flexibility index (Phi) is 5.06. The monoisotopic (exact) mass is 281 g/mol. The summed E-state index contributed by atoms with van der Waals surface area (Å²) >= 11 is 0. The molecule has 2 rings (SSSR count). The first-order valence-corrected chi connectivity index (χ1v) is 7.83. The zero-order chi connectivity index (χ0) is 15.3. The third kappa shape index (κ3) is 5.26. The van der Waals surface area contributed by atoms with Gasteiger partial charge in [-0.25, -0.2) is 0 Å². The van der Waals surface area contributed by atoms with Gasteiger partial charge in [0.15, 0.2) is 0 Å². The van der Waals surface area contributed by atoms with Gasteiger partial charge in [-0.15, -0.1) is 0 Å². The fourth-order valence-electron chi connectivity index (χ4n) is 2.92. The molecule has 0 aliphatic rings. The van der Waals surface area contributed by atoms with Crippen molar-refractivity contribution in [2.75, 3.05) is 5.73 Å². The van der Waals surface area contributed by atoms with Gasteiger partial charge >= 0.3 is 0 Å². The summed E-state index contributed by atoms with van der Waals surface area (Å²) in [6.45, 7) is 6.94. The highest BCUT2D eigenvalue weighted by Crippen LogP contribution is 2.35. The van der Waals surface area contributed by atoms with Crippen molar-refractivity contribution in [2.24, 2.45) is 5.41 Å². The maximum atomic E-state index is 5.97. The Balaban J connectivity index is 2.12. The second-order valence-electron chi connectivity index (χ2n) is 7.16. The van der Waals surface area contributed by atoms with Crippen LogP contribution in [0.2, 0.25) is 0 Å². The van der Waals surface area contributed by atoms with Gasteiger partial charge < -0.3 is 5.73 Å². The van der Waals surface area contributed by atoms with Crippen LogP contribution in [-0.4, -0.2) is 0 Å².